The molecule has 0 saturated heterocycles. The Morgan fingerprint density at radius 3 is 1.79 bits per heavy atom. The highest BCUT2D eigenvalue weighted by Crippen LogP contribution is 2.45. The van der Waals surface area contributed by atoms with Gasteiger partial charge in [0.2, 0.25) is 0 Å². The molecular weight excluding hydrogens is 412 g/mol. The van der Waals surface area contributed by atoms with Crippen LogP contribution in [0.2, 0.25) is 0 Å². The second-order valence-electron chi connectivity index (χ2n) is 10.5. The van der Waals surface area contributed by atoms with Crippen molar-refractivity contribution in [2.75, 3.05) is 0 Å². The molecule has 0 aromatic carbocycles. The topological polar surface area (TPSA) is 63.6 Å². The Labute approximate surface area is 204 Å². The third-order valence-electron chi connectivity index (χ3n) is 8.07. The Kier molecular flexibility index (Phi) is 16.6. The van der Waals surface area contributed by atoms with Crippen LogP contribution in [0.1, 0.15) is 156 Å². The largest absolute Gasteiger partial charge is 0.481 e. The zero-order valence-corrected chi connectivity index (χ0v) is 22.2. The summed E-state index contributed by atoms with van der Waals surface area (Å²) in [6, 6.07) is 0. The molecule has 0 bridgehead atoms. The van der Waals surface area contributed by atoms with Crippen molar-refractivity contribution in [3.63, 3.8) is 0 Å². The van der Waals surface area contributed by atoms with Crippen molar-refractivity contribution in [2.24, 2.45) is 11.8 Å². The molecule has 1 aliphatic rings. The normalized spacial score (nSPS) is 18.9. The van der Waals surface area contributed by atoms with E-state index in [2.05, 4.69) is 20.8 Å². The van der Waals surface area contributed by atoms with E-state index in [1.165, 1.54) is 103 Å². The van der Waals surface area contributed by atoms with Gasteiger partial charge in [-0.05, 0) is 25.2 Å². The van der Waals surface area contributed by atoms with E-state index in [1.807, 2.05) is 0 Å². The van der Waals surface area contributed by atoms with Crippen LogP contribution in [0.5, 0.6) is 0 Å². The standard InChI is InChI=1S/C29H54O4/c1-4-7-8-9-10-11-12-13-14-15-16-17-20-25-21-18-19-22-26(25)29(5-2,6-3)33-28(32)24-23-27(30)31/h25-26H,4-24H2,1-3H3,(H,30,31). The quantitative estimate of drug-likeness (QED) is 0.144. The van der Waals surface area contributed by atoms with E-state index in [1.54, 1.807) is 0 Å². The highest BCUT2D eigenvalue weighted by Gasteiger charge is 2.44. The van der Waals surface area contributed by atoms with Crippen LogP contribution in [0.4, 0.5) is 0 Å². The molecule has 4 heteroatoms. The number of ether oxygens (including phenoxy) is 1. The first-order chi connectivity index (χ1) is 16.0. The average molecular weight is 467 g/mol. The van der Waals surface area contributed by atoms with Gasteiger partial charge in [0, 0.05) is 5.92 Å². The second kappa shape index (κ2) is 18.3. The van der Waals surface area contributed by atoms with Crippen molar-refractivity contribution in [1.82, 2.24) is 0 Å². The lowest BCUT2D eigenvalue weighted by Gasteiger charge is -2.45. The minimum Gasteiger partial charge on any atom is -0.481 e. The number of rotatable bonds is 20. The van der Waals surface area contributed by atoms with Crippen LogP contribution >= 0.6 is 0 Å². The highest BCUT2D eigenvalue weighted by atomic mass is 16.6. The summed E-state index contributed by atoms with van der Waals surface area (Å²) in [7, 11) is 0. The highest BCUT2D eigenvalue weighted by molar-refractivity contribution is 5.76. The van der Waals surface area contributed by atoms with Gasteiger partial charge < -0.3 is 9.84 Å². The number of hydrogen-bond donors (Lipinski definition) is 1. The summed E-state index contributed by atoms with van der Waals surface area (Å²) < 4.78 is 6.07. The maximum absolute atomic E-state index is 12.4. The first-order valence-corrected chi connectivity index (χ1v) is 14.4. The molecule has 1 aliphatic carbocycles. The molecule has 2 unspecified atom stereocenters. The number of esters is 1. The van der Waals surface area contributed by atoms with Gasteiger partial charge in [0.15, 0.2) is 0 Å². The summed E-state index contributed by atoms with van der Waals surface area (Å²) in [5.74, 6) is -0.222. The maximum atomic E-state index is 12.4. The van der Waals surface area contributed by atoms with Gasteiger partial charge >= 0.3 is 11.9 Å². The van der Waals surface area contributed by atoms with Crippen molar-refractivity contribution in [3.05, 3.63) is 0 Å². The van der Waals surface area contributed by atoms with E-state index >= 15 is 0 Å². The molecule has 0 aromatic rings. The molecule has 33 heavy (non-hydrogen) atoms. The van der Waals surface area contributed by atoms with Crippen molar-refractivity contribution in [3.8, 4) is 0 Å². The minimum atomic E-state index is -0.937. The van der Waals surface area contributed by atoms with E-state index in [-0.39, 0.29) is 18.8 Å². The first kappa shape index (κ1) is 30.0. The molecule has 0 amide bonds. The van der Waals surface area contributed by atoms with Crippen LogP contribution in [0.3, 0.4) is 0 Å². The van der Waals surface area contributed by atoms with Gasteiger partial charge in [0.25, 0.3) is 0 Å². The van der Waals surface area contributed by atoms with Gasteiger partial charge in [0.1, 0.15) is 5.60 Å². The Bertz CT molecular complexity index is 512. The molecule has 0 radical (unpaired) electrons. The monoisotopic (exact) mass is 466 g/mol. The Morgan fingerprint density at radius 1 is 0.758 bits per heavy atom. The molecule has 0 aromatic heterocycles. The maximum Gasteiger partial charge on any atom is 0.306 e. The number of carboxylic acids is 1. The van der Waals surface area contributed by atoms with E-state index < -0.39 is 11.6 Å². The van der Waals surface area contributed by atoms with Gasteiger partial charge in [0.05, 0.1) is 12.8 Å². The summed E-state index contributed by atoms with van der Waals surface area (Å²) in [5.41, 5.74) is -0.419. The number of carbonyl (C=O) groups excluding carboxylic acids is 1. The average Bonchev–Trinajstić information content (AvgIpc) is 2.82. The fraction of sp³-hybridized carbons (Fsp3) is 0.931. The number of unbranched alkanes of at least 4 members (excludes halogenated alkanes) is 11. The van der Waals surface area contributed by atoms with Crippen LogP contribution in [0.15, 0.2) is 0 Å². The summed E-state index contributed by atoms with van der Waals surface area (Å²) >= 11 is 0. The van der Waals surface area contributed by atoms with Gasteiger partial charge in [-0.3, -0.25) is 9.59 Å². The zero-order chi connectivity index (χ0) is 24.4. The van der Waals surface area contributed by atoms with Gasteiger partial charge in [-0.25, -0.2) is 0 Å². The second-order valence-corrected chi connectivity index (χ2v) is 10.5. The predicted octanol–water partition coefficient (Wildman–Crippen LogP) is 8.85. The van der Waals surface area contributed by atoms with Crippen molar-refractivity contribution in [2.45, 2.75) is 161 Å². The lowest BCUT2D eigenvalue weighted by atomic mass is 9.66. The lowest BCUT2D eigenvalue weighted by Crippen LogP contribution is -2.46. The van der Waals surface area contributed by atoms with Crippen molar-refractivity contribution >= 4 is 11.9 Å². The SMILES string of the molecule is CCCCCCCCCCCCCCC1CCCCC1C(CC)(CC)OC(=O)CCC(=O)O. The van der Waals surface area contributed by atoms with Crippen LogP contribution in [0.25, 0.3) is 0 Å². The van der Waals surface area contributed by atoms with Gasteiger partial charge in [-0.1, -0.05) is 124 Å². The van der Waals surface area contributed by atoms with E-state index in [4.69, 9.17) is 9.84 Å². The van der Waals surface area contributed by atoms with Crippen LogP contribution in [0, 0.1) is 11.8 Å². The van der Waals surface area contributed by atoms with Crippen molar-refractivity contribution in [1.29, 1.82) is 0 Å². The molecule has 0 aliphatic heterocycles. The lowest BCUT2D eigenvalue weighted by molar-refractivity contribution is -0.174. The van der Waals surface area contributed by atoms with E-state index in [0.29, 0.717) is 11.8 Å². The molecule has 194 valence electrons. The molecule has 1 N–H and O–H groups in total. The smallest absolute Gasteiger partial charge is 0.306 e. The third-order valence-corrected chi connectivity index (χ3v) is 8.07. The van der Waals surface area contributed by atoms with Crippen LogP contribution in [-0.2, 0) is 14.3 Å². The Morgan fingerprint density at radius 2 is 1.27 bits per heavy atom. The fourth-order valence-corrected chi connectivity index (χ4v) is 5.97. The fourth-order valence-electron chi connectivity index (χ4n) is 5.97. The van der Waals surface area contributed by atoms with Crippen LogP contribution < -0.4 is 0 Å². The molecule has 1 fully saturated rings. The van der Waals surface area contributed by atoms with Crippen molar-refractivity contribution < 1.29 is 19.4 Å². The minimum absolute atomic E-state index is 0.0206. The molecule has 2 atom stereocenters. The van der Waals surface area contributed by atoms with Crippen LogP contribution in [-0.4, -0.2) is 22.6 Å². The Balaban J connectivity index is 2.37. The molecule has 1 rings (SSSR count). The molecule has 1 saturated carbocycles. The summed E-state index contributed by atoms with van der Waals surface area (Å²) in [5, 5.41) is 8.90. The van der Waals surface area contributed by atoms with E-state index in [0.717, 1.165) is 19.3 Å². The molecular formula is C29H54O4. The molecule has 4 nitrogen and oxygen atoms in total. The summed E-state index contributed by atoms with van der Waals surface area (Å²) in [6.45, 7) is 6.53. The summed E-state index contributed by atoms with van der Waals surface area (Å²) in [4.78, 5) is 23.3. The number of carbonyl (C=O) groups is 2. The predicted molar refractivity (Wildman–Crippen MR) is 137 cm³/mol. The van der Waals surface area contributed by atoms with Gasteiger partial charge in [-0.15, -0.1) is 0 Å². The zero-order valence-electron chi connectivity index (χ0n) is 22.2. The number of hydrogen-bond acceptors (Lipinski definition) is 3. The van der Waals surface area contributed by atoms with E-state index in [9.17, 15) is 9.59 Å². The first-order valence-electron chi connectivity index (χ1n) is 14.4. The van der Waals surface area contributed by atoms with Gasteiger partial charge in [-0.2, -0.15) is 0 Å². The Hall–Kier alpha value is -1.06. The molecule has 0 spiro atoms. The number of carboxylic acid groups (broad SMARTS) is 1. The third kappa shape index (κ3) is 12.3. The number of aliphatic carboxylic acids is 1. The molecule has 0 heterocycles. The summed E-state index contributed by atoms with van der Waals surface area (Å²) in [6.07, 6.45) is 24.1.